The molecule has 6 nitrogen and oxygen atoms in total. The van der Waals surface area contributed by atoms with Crippen molar-refractivity contribution in [2.24, 2.45) is 0 Å². The maximum absolute atomic E-state index is 13.6. The fourth-order valence-corrected chi connectivity index (χ4v) is 2.08. The van der Waals surface area contributed by atoms with Gasteiger partial charge in [0.2, 0.25) is 0 Å². The van der Waals surface area contributed by atoms with Gasteiger partial charge < -0.3 is 14.7 Å². The highest BCUT2D eigenvalue weighted by atomic mass is 19.1. The maximum Gasteiger partial charge on any atom is 0.410 e. The van der Waals surface area contributed by atoms with Gasteiger partial charge in [-0.3, -0.25) is 0 Å². The van der Waals surface area contributed by atoms with E-state index in [-0.39, 0.29) is 6.54 Å². The summed E-state index contributed by atoms with van der Waals surface area (Å²) in [6.07, 6.45) is -0.106. The average Bonchev–Trinajstić information content (AvgIpc) is 2.34. The molecule has 1 aliphatic rings. The van der Waals surface area contributed by atoms with Crippen LogP contribution in [0, 0.1) is 5.82 Å². The van der Waals surface area contributed by atoms with Crippen molar-refractivity contribution in [3.8, 4) is 0 Å². The second-order valence-electron chi connectivity index (χ2n) is 5.88. The van der Waals surface area contributed by atoms with Crippen molar-refractivity contribution in [3.63, 3.8) is 0 Å². The lowest BCUT2D eigenvalue weighted by atomic mass is 10.0. The molecule has 0 saturated carbocycles. The SMILES string of the molecule is CC(C)(C)OC(=O)N1CCc2nc(C(=O)O)c(F)cc2C1. The molecule has 1 aliphatic heterocycles. The third-order valence-corrected chi connectivity index (χ3v) is 2.98. The highest BCUT2D eigenvalue weighted by Crippen LogP contribution is 2.21. The van der Waals surface area contributed by atoms with E-state index in [1.54, 1.807) is 20.8 Å². The van der Waals surface area contributed by atoms with Crippen molar-refractivity contribution in [1.82, 2.24) is 9.88 Å². The maximum atomic E-state index is 13.6. The van der Waals surface area contributed by atoms with Crippen LogP contribution in [0.1, 0.15) is 42.5 Å². The summed E-state index contributed by atoms with van der Waals surface area (Å²) in [4.78, 5) is 28.1. The molecule has 2 rings (SSSR count). The van der Waals surface area contributed by atoms with Crippen LogP contribution in [0.3, 0.4) is 0 Å². The standard InChI is InChI=1S/C14H17FN2O4/c1-14(2,3)21-13(20)17-5-4-10-8(7-17)6-9(15)11(16-10)12(18)19/h6H,4-5,7H2,1-3H3,(H,18,19). The molecule has 0 fully saturated rings. The molecule has 114 valence electrons. The fourth-order valence-electron chi connectivity index (χ4n) is 2.08. The van der Waals surface area contributed by atoms with Gasteiger partial charge in [0.05, 0.1) is 6.54 Å². The predicted molar refractivity (Wildman–Crippen MR) is 71.5 cm³/mol. The number of hydrogen-bond donors (Lipinski definition) is 1. The molecule has 1 amide bonds. The summed E-state index contributed by atoms with van der Waals surface area (Å²) in [6, 6.07) is 1.13. The van der Waals surface area contributed by atoms with Crippen LogP contribution >= 0.6 is 0 Å². The number of ether oxygens (including phenoxy) is 1. The summed E-state index contributed by atoms with van der Waals surface area (Å²) in [6.45, 7) is 5.82. The van der Waals surface area contributed by atoms with Gasteiger partial charge in [0, 0.05) is 18.7 Å². The van der Waals surface area contributed by atoms with Crippen LogP contribution in [0.4, 0.5) is 9.18 Å². The first kappa shape index (κ1) is 15.2. The molecule has 0 bridgehead atoms. The number of aromatic carboxylic acids is 1. The zero-order valence-corrected chi connectivity index (χ0v) is 12.1. The summed E-state index contributed by atoms with van der Waals surface area (Å²) in [7, 11) is 0. The quantitative estimate of drug-likeness (QED) is 0.859. The monoisotopic (exact) mass is 296 g/mol. The van der Waals surface area contributed by atoms with Gasteiger partial charge >= 0.3 is 12.1 Å². The van der Waals surface area contributed by atoms with Gasteiger partial charge in [-0.15, -0.1) is 0 Å². The van der Waals surface area contributed by atoms with Gasteiger partial charge in [0.25, 0.3) is 0 Å². The molecule has 1 N–H and O–H groups in total. The zero-order valence-electron chi connectivity index (χ0n) is 12.1. The van der Waals surface area contributed by atoms with Crippen LogP contribution < -0.4 is 0 Å². The molecule has 0 spiro atoms. The summed E-state index contributed by atoms with van der Waals surface area (Å²) in [5.41, 5.74) is -0.170. The molecule has 1 aromatic heterocycles. The number of rotatable bonds is 1. The molecule has 0 saturated heterocycles. The number of hydrogen-bond acceptors (Lipinski definition) is 4. The van der Waals surface area contributed by atoms with E-state index >= 15 is 0 Å². The van der Waals surface area contributed by atoms with E-state index in [9.17, 15) is 14.0 Å². The van der Waals surface area contributed by atoms with Crippen molar-refractivity contribution in [3.05, 3.63) is 28.8 Å². The third-order valence-electron chi connectivity index (χ3n) is 2.98. The van der Waals surface area contributed by atoms with E-state index in [4.69, 9.17) is 9.84 Å². The van der Waals surface area contributed by atoms with Crippen molar-refractivity contribution >= 4 is 12.1 Å². The molecule has 0 radical (unpaired) electrons. The van der Waals surface area contributed by atoms with E-state index in [0.717, 1.165) is 6.07 Å². The molecular weight excluding hydrogens is 279 g/mol. The van der Waals surface area contributed by atoms with E-state index in [1.807, 2.05) is 0 Å². The number of pyridine rings is 1. The van der Waals surface area contributed by atoms with E-state index < -0.39 is 29.2 Å². The fraction of sp³-hybridized carbons (Fsp3) is 0.500. The predicted octanol–water partition coefficient (Wildman–Crippen LogP) is 2.21. The van der Waals surface area contributed by atoms with Gasteiger partial charge in [-0.2, -0.15) is 0 Å². The Bertz CT molecular complexity index is 595. The summed E-state index contributed by atoms with van der Waals surface area (Å²) in [5, 5.41) is 8.85. The van der Waals surface area contributed by atoms with E-state index in [0.29, 0.717) is 24.2 Å². The number of carbonyl (C=O) groups is 2. The molecular formula is C14H17FN2O4. The van der Waals surface area contributed by atoms with E-state index in [1.165, 1.54) is 4.90 Å². The lowest BCUT2D eigenvalue weighted by Gasteiger charge is -2.30. The molecule has 2 heterocycles. The van der Waals surface area contributed by atoms with Crippen LogP contribution in [-0.2, 0) is 17.7 Å². The Morgan fingerprint density at radius 2 is 2.10 bits per heavy atom. The second kappa shape index (κ2) is 5.31. The minimum atomic E-state index is -1.40. The number of carboxylic acid groups (broad SMARTS) is 1. The average molecular weight is 296 g/mol. The summed E-state index contributed by atoms with van der Waals surface area (Å²) in [5.74, 6) is -2.29. The Kier molecular flexibility index (Phi) is 3.85. The van der Waals surface area contributed by atoms with E-state index in [2.05, 4.69) is 4.98 Å². The Balaban J connectivity index is 2.19. The van der Waals surface area contributed by atoms with Gasteiger partial charge in [-0.05, 0) is 32.4 Å². The van der Waals surface area contributed by atoms with Gasteiger partial charge in [-0.1, -0.05) is 0 Å². The normalized spacial score (nSPS) is 14.6. The van der Waals surface area contributed by atoms with Gasteiger partial charge in [0.15, 0.2) is 11.5 Å². The zero-order chi connectivity index (χ0) is 15.8. The number of carboxylic acids is 1. The van der Waals surface area contributed by atoms with Crippen molar-refractivity contribution in [2.75, 3.05) is 6.54 Å². The molecule has 0 aromatic carbocycles. The largest absolute Gasteiger partial charge is 0.476 e. The molecule has 21 heavy (non-hydrogen) atoms. The molecule has 0 unspecified atom stereocenters. The smallest absolute Gasteiger partial charge is 0.410 e. The topological polar surface area (TPSA) is 79.7 Å². The number of halogens is 1. The molecule has 0 atom stereocenters. The lowest BCUT2D eigenvalue weighted by Crippen LogP contribution is -2.40. The van der Waals surface area contributed by atoms with Crippen molar-refractivity contribution < 1.29 is 23.8 Å². The van der Waals surface area contributed by atoms with Gasteiger partial charge in [-0.25, -0.2) is 19.0 Å². The first-order chi connectivity index (χ1) is 9.67. The van der Waals surface area contributed by atoms with Gasteiger partial charge in [0.1, 0.15) is 5.60 Å². The molecule has 1 aromatic rings. The highest BCUT2D eigenvalue weighted by Gasteiger charge is 2.28. The number of carbonyl (C=O) groups excluding carboxylic acids is 1. The van der Waals surface area contributed by atoms with Crippen LogP contribution in [0.25, 0.3) is 0 Å². The Hall–Kier alpha value is -2.18. The van der Waals surface area contributed by atoms with Crippen molar-refractivity contribution in [1.29, 1.82) is 0 Å². The minimum Gasteiger partial charge on any atom is -0.476 e. The Morgan fingerprint density at radius 1 is 1.43 bits per heavy atom. The Labute approximate surface area is 121 Å². The van der Waals surface area contributed by atoms with Crippen LogP contribution in [0.2, 0.25) is 0 Å². The molecule has 0 aliphatic carbocycles. The lowest BCUT2D eigenvalue weighted by molar-refractivity contribution is 0.0221. The summed E-state index contributed by atoms with van der Waals surface area (Å²) >= 11 is 0. The van der Waals surface area contributed by atoms with Crippen LogP contribution in [0.15, 0.2) is 6.07 Å². The minimum absolute atomic E-state index is 0.161. The number of nitrogens with zero attached hydrogens (tertiary/aromatic N) is 2. The summed E-state index contributed by atoms with van der Waals surface area (Å²) < 4.78 is 18.9. The number of fused-ring (bicyclic) bond motifs is 1. The van der Waals surface area contributed by atoms with Crippen LogP contribution in [-0.4, -0.2) is 39.2 Å². The first-order valence-corrected chi connectivity index (χ1v) is 6.57. The third kappa shape index (κ3) is 3.48. The van der Waals surface area contributed by atoms with Crippen LogP contribution in [0.5, 0.6) is 0 Å². The highest BCUT2D eigenvalue weighted by molar-refractivity contribution is 5.85. The first-order valence-electron chi connectivity index (χ1n) is 6.57. The second-order valence-corrected chi connectivity index (χ2v) is 5.88. The Morgan fingerprint density at radius 3 is 2.67 bits per heavy atom. The molecule has 7 heteroatoms. The number of amides is 1. The number of aromatic nitrogens is 1. The van der Waals surface area contributed by atoms with Crippen molar-refractivity contribution in [2.45, 2.75) is 39.3 Å².